The van der Waals surface area contributed by atoms with Gasteiger partial charge in [0, 0.05) is 37.6 Å². The second-order valence-electron chi connectivity index (χ2n) is 12.6. The average molecular weight is 513 g/mol. The number of para-hydroxylation sites is 2. The first kappa shape index (κ1) is 25.6. The van der Waals surface area contributed by atoms with Gasteiger partial charge in [-0.3, -0.25) is 9.69 Å². The van der Waals surface area contributed by atoms with Crippen molar-refractivity contribution in [3.8, 4) is 0 Å². The van der Waals surface area contributed by atoms with Gasteiger partial charge in [0.1, 0.15) is 5.82 Å². The van der Waals surface area contributed by atoms with Crippen LogP contribution in [0, 0.1) is 12.8 Å². The molecule has 5 nitrogen and oxygen atoms in total. The summed E-state index contributed by atoms with van der Waals surface area (Å²) in [5.41, 5.74) is 4.06. The van der Waals surface area contributed by atoms with Gasteiger partial charge in [0.05, 0.1) is 11.0 Å². The van der Waals surface area contributed by atoms with Gasteiger partial charge in [-0.25, -0.2) is 4.98 Å². The molecule has 6 rings (SSSR count). The largest absolute Gasteiger partial charge is 0.343 e. The fourth-order valence-electron chi connectivity index (χ4n) is 7.93. The van der Waals surface area contributed by atoms with E-state index < -0.39 is 0 Å². The fraction of sp³-hybridized carbons (Fsp3) is 0.576. The van der Waals surface area contributed by atoms with Crippen LogP contribution in [0.4, 0.5) is 0 Å². The summed E-state index contributed by atoms with van der Waals surface area (Å²) in [5.74, 6) is 1.92. The van der Waals surface area contributed by atoms with E-state index in [9.17, 15) is 4.79 Å². The second kappa shape index (κ2) is 10.5. The summed E-state index contributed by atoms with van der Waals surface area (Å²) in [7, 11) is 0. The van der Waals surface area contributed by atoms with Crippen molar-refractivity contribution >= 4 is 16.9 Å². The van der Waals surface area contributed by atoms with E-state index in [4.69, 9.17) is 4.98 Å². The zero-order valence-corrected chi connectivity index (χ0v) is 23.5. The van der Waals surface area contributed by atoms with Crippen LogP contribution in [0.1, 0.15) is 82.6 Å². The van der Waals surface area contributed by atoms with Gasteiger partial charge >= 0.3 is 0 Å². The molecule has 3 aliphatic rings. The van der Waals surface area contributed by atoms with Crippen LogP contribution in [0.25, 0.3) is 11.0 Å². The monoisotopic (exact) mass is 512 g/mol. The number of hydrogen-bond donors (Lipinski definition) is 0. The van der Waals surface area contributed by atoms with E-state index in [-0.39, 0.29) is 5.41 Å². The molecule has 3 atom stereocenters. The summed E-state index contributed by atoms with van der Waals surface area (Å²) in [4.78, 5) is 22.7. The minimum Gasteiger partial charge on any atom is -0.343 e. The highest BCUT2D eigenvalue weighted by molar-refractivity contribution is 5.77. The molecule has 2 bridgehead atoms. The number of imidazole rings is 1. The number of aryl methyl sites for hydroxylation is 1. The third-order valence-electron chi connectivity index (χ3n) is 9.89. The quantitative estimate of drug-likeness (QED) is 0.362. The van der Waals surface area contributed by atoms with Crippen LogP contribution in [-0.2, 0) is 10.2 Å². The summed E-state index contributed by atoms with van der Waals surface area (Å²) in [6.45, 7) is 9.41. The predicted octanol–water partition coefficient (Wildman–Crippen LogP) is 6.51. The molecule has 4 heterocycles. The van der Waals surface area contributed by atoms with Crippen molar-refractivity contribution in [3.05, 3.63) is 66.0 Å². The molecule has 38 heavy (non-hydrogen) atoms. The Labute approximate surface area is 228 Å². The number of piperidine rings is 2. The van der Waals surface area contributed by atoms with E-state index in [0.29, 0.717) is 36.4 Å². The molecule has 3 fully saturated rings. The predicted molar refractivity (Wildman–Crippen MR) is 154 cm³/mol. The van der Waals surface area contributed by atoms with Crippen molar-refractivity contribution in [2.45, 2.75) is 95.7 Å². The van der Waals surface area contributed by atoms with Crippen LogP contribution in [0.15, 0.2) is 54.6 Å². The highest BCUT2D eigenvalue weighted by Crippen LogP contribution is 2.45. The number of benzene rings is 2. The van der Waals surface area contributed by atoms with Crippen molar-refractivity contribution in [2.24, 2.45) is 5.92 Å². The lowest BCUT2D eigenvalue weighted by Gasteiger charge is -2.46. The molecule has 0 aliphatic carbocycles. The van der Waals surface area contributed by atoms with E-state index >= 15 is 0 Å². The van der Waals surface area contributed by atoms with E-state index in [0.717, 1.165) is 37.3 Å². The molecule has 0 unspecified atom stereocenters. The van der Waals surface area contributed by atoms with Gasteiger partial charge in [-0.2, -0.15) is 0 Å². The van der Waals surface area contributed by atoms with Crippen LogP contribution in [0.5, 0.6) is 0 Å². The Kier molecular flexibility index (Phi) is 7.07. The lowest BCUT2D eigenvalue weighted by molar-refractivity contribution is -0.133. The molecular formula is C33H44N4O. The lowest BCUT2D eigenvalue weighted by Crippen LogP contribution is -2.49. The lowest BCUT2D eigenvalue weighted by atomic mass is 9.70. The van der Waals surface area contributed by atoms with Crippen molar-refractivity contribution in [1.82, 2.24) is 19.4 Å². The number of aromatic nitrogens is 2. The van der Waals surface area contributed by atoms with E-state index in [1.54, 1.807) is 0 Å². The first-order valence-electron chi connectivity index (χ1n) is 15.0. The van der Waals surface area contributed by atoms with Gasteiger partial charge in [-0.15, -0.1) is 0 Å². The maximum Gasteiger partial charge on any atom is 0.222 e. The first-order valence-corrected chi connectivity index (χ1v) is 15.0. The maximum atomic E-state index is 12.8. The average Bonchev–Trinajstić information content (AvgIpc) is 3.38. The Morgan fingerprint density at radius 1 is 0.947 bits per heavy atom. The number of nitrogens with zero attached hydrogens (tertiary/aromatic N) is 4. The normalized spacial score (nSPS) is 25.4. The van der Waals surface area contributed by atoms with Gasteiger partial charge in [-0.05, 0) is 87.4 Å². The second-order valence-corrected chi connectivity index (χ2v) is 12.6. The molecule has 0 radical (unpaired) electrons. The van der Waals surface area contributed by atoms with E-state index in [1.165, 1.54) is 49.7 Å². The third kappa shape index (κ3) is 4.79. The van der Waals surface area contributed by atoms with Crippen LogP contribution < -0.4 is 0 Å². The highest BCUT2D eigenvalue weighted by Gasteiger charge is 2.44. The van der Waals surface area contributed by atoms with Crippen LogP contribution >= 0.6 is 0 Å². The standard InChI is InChI=1S/C33H44N4O/c1-24(2)21-32(38)35-18-15-33(16-19-35,26-9-5-4-6-10-26)17-20-36-27-13-14-28(36)23-29(22-27)37-25(3)34-30-11-7-8-12-31(30)37/h4-12,24,27-29H,13-23H2,1-3H3/t27-,28+,29+. The molecule has 0 spiro atoms. The topological polar surface area (TPSA) is 41.4 Å². The minimum atomic E-state index is 0.170. The summed E-state index contributed by atoms with van der Waals surface area (Å²) < 4.78 is 2.54. The zero-order valence-electron chi connectivity index (χ0n) is 23.5. The molecule has 3 aliphatic heterocycles. The first-order chi connectivity index (χ1) is 18.4. The number of carbonyl (C=O) groups excluding carboxylic acids is 1. The number of hydrogen-bond acceptors (Lipinski definition) is 3. The van der Waals surface area contributed by atoms with Gasteiger partial charge in [-0.1, -0.05) is 56.3 Å². The Morgan fingerprint density at radius 2 is 1.61 bits per heavy atom. The van der Waals surface area contributed by atoms with Gasteiger partial charge < -0.3 is 9.47 Å². The molecule has 1 aromatic heterocycles. The maximum absolute atomic E-state index is 12.8. The zero-order chi connectivity index (χ0) is 26.3. The summed E-state index contributed by atoms with van der Waals surface area (Å²) in [6.07, 6.45) is 9.11. The number of likely N-dealkylation sites (tertiary alicyclic amines) is 1. The fourth-order valence-corrected chi connectivity index (χ4v) is 7.93. The summed E-state index contributed by atoms with van der Waals surface area (Å²) >= 11 is 0. The molecule has 0 saturated carbocycles. The van der Waals surface area contributed by atoms with Crippen LogP contribution in [0.3, 0.4) is 0 Å². The Morgan fingerprint density at radius 3 is 2.29 bits per heavy atom. The van der Waals surface area contributed by atoms with Gasteiger partial charge in [0.15, 0.2) is 0 Å². The molecule has 5 heteroatoms. The SMILES string of the molecule is Cc1nc2ccccc2n1[C@H]1C[C@H]2CC[C@@H](C1)N2CCC1(c2ccccc2)CCN(C(=O)CC(C)C)CC1. The van der Waals surface area contributed by atoms with Crippen molar-refractivity contribution in [3.63, 3.8) is 0 Å². The van der Waals surface area contributed by atoms with Gasteiger partial charge in [0.2, 0.25) is 5.91 Å². The van der Waals surface area contributed by atoms with Crippen molar-refractivity contribution in [2.75, 3.05) is 19.6 Å². The molecule has 1 amide bonds. The number of carbonyl (C=O) groups is 1. The summed E-state index contributed by atoms with van der Waals surface area (Å²) in [6, 6.07) is 21.7. The third-order valence-corrected chi connectivity index (χ3v) is 9.89. The smallest absolute Gasteiger partial charge is 0.222 e. The Balaban J connectivity index is 1.16. The molecule has 2 aromatic carbocycles. The minimum absolute atomic E-state index is 0.170. The van der Waals surface area contributed by atoms with Gasteiger partial charge in [0.25, 0.3) is 0 Å². The number of amides is 1. The van der Waals surface area contributed by atoms with Crippen LogP contribution in [0.2, 0.25) is 0 Å². The molecule has 202 valence electrons. The Bertz CT molecular complexity index is 1240. The molecule has 0 N–H and O–H groups in total. The van der Waals surface area contributed by atoms with E-state index in [2.05, 4.69) is 89.7 Å². The summed E-state index contributed by atoms with van der Waals surface area (Å²) in [5, 5.41) is 0. The molecule has 3 saturated heterocycles. The number of rotatable bonds is 7. The van der Waals surface area contributed by atoms with E-state index in [1.807, 2.05) is 0 Å². The highest BCUT2D eigenvalue weighted by atomic mass is 16.2. The van der Waals surface area contributed by atoms with Crippen molar-refractivity contribution in [1.29, 1.82) is 0 Å². The number of fused-ring (bicyclic) bond motifs is 3. The molecule has 3 aromatic rings. The molecular weight excluding hydrogens is 468 g/mol. The van der Waals surface area contributed by atoms with Crippen molar-refractivity contribution < 1.29 is 4.79 Å². The van der Waals surface area contributed by atoms with Crippen LogP contribution in [-0.4, -0.2) is 57.0 Å². The Hall–Kier alpha value is -2.66.